The third-order valence-corrected chi connectivity index (χ3v) is 3.21. The molecule has 0 fully saturated rings. The first-order valence-corrected chi connectivity index (χ1v) is 6.49. The van der Waals surface area contributed by atoms with Crippen LogP contribution in [0.15, 0.2) is 37.4 Å². The Labute approximate surface area is 119 Å². The molecule has 5 heteroatoms. The lowest BCUT2D eigenvalue weighted by Gasteiger charge is -2.37. The zero-order valence-electron chi connectivity index (χ0n) is 11.8. The monoisotopic (exact) mass is 280 g/mol. The Kier molecular flexibility index (Phi) is 8.34. The van der Waals surface area contributed by atoms with Crippen molar-refractivity contribution in [2.75, 3.05) is 27.1 Å². The van der Waals surface area contributed by atoms with Crippen molar-refractivity contribution in [2.45, 2.75) is 17.9 Å². The van der Waals surface area contributed by atoms with Crippen molar-refractivity contribution in [1.82, 2.24) is 0 Å². The van der Waals surface area contributed by atoms with Crippen molar-refractivity contribution in [2.24, 2.45) is 0 Å². The molecule has 0 amide bonds. The minimum Gasteiger partial charge on any atom is -0.398 e. The molecule has 19 heavy (non-hydrogen) atoms. The standard InChI is InChI=1S/C12H18NO3Si.C2H4/c1-14-11(8-17)12(15-2,16-3)9-6-4-5-7-10(9)13;1-2/h4-7,11H,8,13H2,1-3H3;1-2H2. The molecule has 0 saturated carbocycles. The number of hydrogen-bond acceptors (Lipinski definition) is 4. The number of nitrogen functional groups attached to an aromatic ring is 1. The average Bonchev–Trinajstić information content (AvgIpc) is 2.48. The Hall–Kier alpha value is -1.14. The molecule has 0 aliphatic heterocycles. The number of para-hydroxylation sites is 1. The lowest BCUT2D eigenvalue weighted by molar-refractivity contribution is -0.269. The van der Waals surface area contributed by atoms with Gasteiger partial charge in [-0.3, -0.25) is 0 Å². The molecule has 0 aliphatic rings. The molecular weight excluding hydrogens is 258 g/mol. The van der Waals surface area contributed by atoms with Crippen LogP contribution >= 0.6 is 0 Å². The first-order valence-electron chi connectivity index (χ1n) is 5.79. The van der Waals surface area contributed by atoms with E-state index < -0.39 is 5.79 Å². The maximum Gasteiger partial charge on any atom is 0.223 e. The maximum atomic E-state index is 5.97. The van der Waals surface area contributed by atoms with Gasteiger partial charge in [0.2, 0.25) is 5.79 Å². The maximum absolute atomic E-state index is 5.97. The van der Waals surface area contributed by atoms with Crippen LogP contribution in [0.25, 0.3) is 0 Å². The lowest BCUT2D eigenvalue weighted by Crippen LogP contribution is -2.44. The summed E-state index contributed by atoms with van der Waals surface area (Å²) < 4.78 is 16.5. The molecule has 4 nitrogen and oxygen atoms in total. The van der Waals surface area contributed by atoms with Gasteiger partial charge in [0.25, 0.3) is 0 Å². The van der Waals surface area contributed by atoms with E-state index in [2.05, 4.69) is 23.4 Å². The van der Waals surface area contributed by atoms with Gasteiger partial charge in [0.15, 0.2) is 0 Å². The van der Waals surface area contributed by atoms with E-state index >= 15 is 0 Å². The van der Waals surface area contributed by atoms with Gasteiger partial charge in [0.05, 0.1) is 0 Å². The topological polar surface area (TPSA) is 53.7 Å². The molecule has 0 bridgehead atoms. The Morgan fingerprint density at radius 1 is 1.21 bits per heavy atom. The molecule has 3 radical (unpaired) electrons. The lowest BCUT2D eigenvalue weighted by atomic mass is 9.98. The van der Waals surface area contributed by atoms with Crippen LogP contribution in [0.3, 0.4) is 0 Å². The molecule has 0 aromatic heterocycles. The summed E-state index contributed by atoms with van der Waals surface area (Å²) in [4.78, 5) is 0. The highest BCUT2D eigenvalue weighted by Crippen LogP contribution is 2.36. The van der Waals surface area contributed by atoms with Gasteiger partial charge in [-0.05, 0) is 12.1 Å². The van der Waals surface area contributed by atoms with Gasteiger partial charge in [-0.2, -0.15) is 0 Å². The van der Waals surface area contributed by atoms with E-state index in [-0.39, 0.29) is 6.10 Å². The van der Waals surface area contributed by atoms with Gasteiger partial charge in [-0.1, -0.05) is 18.2 Å². The van der Waals surface area contributed by atoms with Crippen LogP contribution in [0.5, 0.6) is 0 Å². The molecular formula is C14H22NO3Si. The summed E-state index contributed by atoms with van der Waals surface area (Å²) in [7, 11) is 8.19. The van der Waals surface area contributed by atoms with Gasteiger partial charge >= 0.3 is 0 Å². The predicted molar refractivity (Wildman–Crippen MR) is 79.2 cm³/mol. The van der Waals surface area contributed by atoms with Crippen molar-refractivity contribution in [1.29, 1.82) is 0 Å². The second kappa shape index (κ2) is 8.87. The first kappa shape index (κ1) is 17.9. The summed E-state index contributed by atoms with van der Waals surface area (Å²) in [5, 5.41) is 0. The molecule has 0 heterocycles. The molecule has 1 atom stereocenters. The van der Waals surface area contributed by atoms with Crippen LogP contribution in [0, 0.1) is 0 Å². The van der Waals surface area contributed by atoms with E-state index in [4.69, 9.17) is 19.9 Å². The fourth-order valence-corrected chi connectivity index (χ4v) is 2.36. The number of anilines is 1. The smallest absolute Gasteiger partial charge is 0.223 e. The van der Waals surface area contributed by atoms with Gasteiger partial charge < -0.3 is 19.9 Å². The number of hydrogen-bond donors (Lipinski definition) is 1. The first-order chi connectivity index (χ1) is 9.16. The molecule has 1 rings (SSSR count). The summed E-state index contributed by atoms with van der Waals surface area (Å²) in [5.41, 5.74) is 7.34. The Balaban J connectivity index is 0.00000154. The van der Waals surface area contributed by atoms with E-state index in [1.54, 1.807) is 21.3 Å². The summed E-state index contributed by atoms with van der Waals surface area (Å²) in [6.07, 6.45) is -0.307. The normalized spacial score (nSPS) is 12.4. The Morgan fingerprint density at radius 2 is 1.74 bits per heavy atom. The number of rotatable bonds is 6. The third kappa shape index (κ3) is 3.67. The summed E-state index contributed by atoms with van der Waals surface area (Å²) >= 11 is 0. The van der Waals surface area contributed by atoms with Crippen molar-refractivity contribution in [3.63, 3.8) is 0 Å². The second-order valence-electron chi connectivity index (χ2n) is 3.59. The quantitative estimate of drug-likeness (QED) is 0.375. The third-order valence-electron chi connectivity index (χ3n) is 2.84. The highest BCUT2D eigenvalue weighted by molar-refractivity contribution is 6.09. The molecule has 1 aromatic carbocycles. The Bertz CT molecular complexity index is 365. The SMILES string of the molecule is C=C.COC(C[Si])C(OC)(OC)c1ccccc1N. The van der Waals surface area contributed by atoms with Crippen molar-refractivity contribution in [3.8, 4) is 0 Å². The summed E-state index contributed by atoms with van der Waals surface area (Å²) in [6, 6.07) is 7.99. The highest BCUT2D eigenvalue weighted by atomic mass is 28.1. The van der Waals surface area contributed by atoms with Crippen molar-refractivity contribution in [3.05, 3.63) is 43.0 Å². The minimum atomic E-state index is -1.01. The van der Waals surface area contributed by atoms with Gasteiger partial charge in [-0.15, -0.1) is 13.2 Å². The molecule has 1 aromatic rings. The van der Waals surface area contributed by atoms with Crippen molar-refractivity contribution >= 4 is 15.9 Å². The van der Waals surface area contributed by atoms with Crippen LogP contribution in [0.4, 0.5) is 5.69 Å². The number of nitrogens with two attached hydrogens (primary N) is 1. The number of methoxy groups -OCH3 is 3. The van der Waals surface area contributed by atoms with Crippen LogP contribution in [-0.4, -0.2) is 37.7 Å². The molecule has 2 N–H and O–H groups in total. The molecule has 0 saturated heterocycles. The summed E-state index contributed by atoms with van der Waals surface area (Å²) in [5.74, 6) is -1.01. The van der Waals surface area contributed by atoms with E-state index in [9.17, 15) is 0 Å². The van der Waals surface area contributed by atoms with E-state index in [1.165, 1.54) is 0 Å². The molecule has 0 spiro atoms. The Morgan fingerprint density at radius 3 is 2.11 bits per heavy atom. The molecule has 105 valence electrons. The fraction of sp³-hybridized carbons (Fsp3) is 0.429. The highest BCUT2D eigenvalue weighted by Gasteiger charge is 2.42. The van der Waals surface area contributed by atoms with E-state index in [0.717, 1.165) is 5.56 Å². The zero-order valence-corrected chi connectivity index (χ0v) is 12.8. The van der Waals surface area contributed by atoms with Crippen molar-refractivity contribution < 1.29 is 14.2 Å². The molecule has 0 aliphatic carbocycles. The zero-order chi connectivity index (χ0) is 14.9. The van der Waals surface area contributed by atoms with Crippen LogP contribution < -0.4 is 5.73 Å². The van der Waals surface area contributed by atoms with Crippen LogP contribution in [-0.2, 0) is 20.0 Å². The number of ether oxygens (including phenoxy) is 3. The largest absolute Gasteiger partial charge is 0.398 e. The van der Waals surface area contributed by atoms with Gasteiger partial charge in [0.1, 0.15) is 6.10 Å². The fourth-order valence-electron chi connectivity index (χ4n) is 1.93. The second-order valence-corrected chi connectivity index (χ2v) is 4.00. The van der Waals surface area contributed by atoms with E-state index in [0.29, 0.717) is 11.7 Å². The minimum absolute atomic E-state index is 0.307. The number of benzene rings is 1. The van der Waals surface area contributed by atoms with Gasteiger partial charge in [-0.25, -0.2) is 0 Å². The van der Waals surface area contributed by atoms with Crippen LogP contribution in [0.2, 0.25) is 6.04 Å². The summed E-state index contributed by atoms with van der Waals surface area (Å²) in [6.45, 7) is 6.00. The van der Waals surface area contributed by atoms with Crippen LogP contribution in [0.1, 0.15) is 5.56 Å². The molecule has 1 unspecified atom stereocenters. The van der Waals surface area contributed by atoms with E-state index in [1.807, 2.05) is 24.3 Å². The predicted octanol–water partition coefficient (Wildman–Crippen LogP) is 2.12. The average molecular weight is 280 g/mol. The van der Waals surface area contributed by atoms with Gasteiger partial charge in [0, 0.05) is 42.8 Å².